The molecule has 0 saturated carbocycles. The average molecular weight is 358 g/mol. The molecule has 2 amide bonds. The second kappa shape index (κ2) is 7.68. The summed E-state index contributed by atoms with van der Waals surface area (Å²) >= 11 is 0. The van der Waals surface area contributed by atoms with E-state index in [9.17, 15) is 9.59 Å². The van der Waals surface area contributed by atoms with Gasteiger partial charge in [0, 0.05) is 38.2 Å². The number of carbonyl (C=O) groups is 2. The predicted octanol–water partition coefficient (Wildman–Crippen LogP) is 3.12. The lowest BCUT2D eigenvalue weighted by atomic mass is 9.91. The summed E-state index contributed by atoms with van der Waals surface area (Å²) in [5.41, 5.74) is 1.84. The molecule has 3 rings (SSSR count). The van der Waals surface area contributed by atoms with Crippen molar-refractivity contribution in [3.8, 4) is 5.75 Å². The van der Waals surface area contributed by atoms with Crippen molar-refractivity contribution in [2.45, 2.75) is 46.5 Å². The van der Waals surface area contributed by atoms with Gasteiger partial charge in [-0.15, -0.1) is 0 Å². The Labute approximate surface area is 156 Å². The van der Waals surface area contributed by atoms with Crippen LogP contribution in [-0.4, -0.2) is 54.4 Å². The zero-order chi connectivity index (χ0) is 18.7. The van der Waals surface area contributed by atoms with Gasteiger partial charge in [-0.25, -0.2) is 0 Å². The number of rotatable bonds is 2. The van der Waals surface area contributed by atoms with Gasteiger partial charge in [0.2, 0.25) is 5.91 Å². The van der Waals surface area contributed by atoms with Crippen molar-refractivity contribution < 1.29 is 14.3 Å². The van der Waals surface area contributed by atoms with Gasteiger partial charge in [0.1, 0.15) is 5.75 Å². The van der Waals surface area contributed by atoms with Crippen LogP contribution in [0.25, 0.3) is 0 Å². The highest BCUT2D eigenvalue weighted by Gasteiger charge is 2.26. The molecular weight excluding hydrogens is 328 g/mol. The van der Waals surface area contributed by atoms with E-state index in [2.05, 4.69) is 20.8 Å². The third kappa shape index (κ3) is 4.57. The second-order valence-corrected chi connectivity index (χ2v) is 8.54. The van der Waals surface area contributed by atoms with Crippen molar-refractivity contribution in [1.29, 1.82) is 0 Å². The summed E-state index contributed by atoms with van der Waals surface area (Å²) in [5.74, 6) is 1.16. The first-order valence-corrected chi connectivity index (χ1v) is 9.66. The lowest BCUT2D eigenvalue weighted by molar-refractivity contribution is -0.132. The molecule has 5 heteroatoms. The first-order chi connectivity index (χ1) is 12.3. The maximum Gasteiger partial charge on any atom is 0.253 e. The van der Waals surface area contributed by atoms with Gasteiger partial charge in [0.25, 0.3) is 5.91 Å². The minimum absolute atomic E-state index is 0.00983. The van der Waals surface area contributed by atoms with Crippen molar-refractivity contribution in [2.24, 2.45) is 5.41 Å². The molecule has 2 aliphatic heterocycles. The Kier molecular flexibility index (Phi) is 5.54. The van der Waals surface area contributed by atoms with Crippen LogP contribution in [0.5, 0.6) is 5.75 Å². The molecule has 1 fully saturated rings. The highest BCUT2D eigenvalue weighted by molar-refractivity contribution is 5.94. The highest BCUT2D eigenvalue weighted by atomic mass is 16.5. The molecule has 0 aliphatic carbocycles. The normalized spacial score (nSPS) is 18.0. The maximum atomic E-state index is 12.9. The van der Waals surface area contributed by atoms with Gasteiger partial charge < -0.3 is 14.5 Å². The van der Waals surface area contributed by atoms with Crippen molar-refractivity contribution in [3.63, 3.8) is 0 Å². The number of fused-ring (bicyclic) bond motifs is 1. The van der Waals surface area contributed by atoms with E-state index in [0.717, 1.165) is 49.3 Å². The largest absolute Gasteiger partial charge is 0.493 e. The van der Waals surface area contributed by atoms with E-state index in [0.29, 0.717) is 26.1 Å². The minimum atomic E-state index is -0.00983. The molecule has 0 radical (unpaired) electrons. The molecule has 2 aliphatic rings. The molecule has 2 heterocycles. The van der Waals surface area contributed by atoms with E-state index >= 15 is 0 Å². The molecule has 0 unspecified atom stereocenters. The van der Waals surface area contributed by atoms with Crippen LogP contribution in [0.3, 0.4) is 0 Å². The fraction of sp³-hybridized carbons (Fsp3) is 0.619. The molecule has 0 aromatic heterocycles. The SMILES string of the molecule is CC(C)(C)CC(=O)N1CCCN(C(=O)c2ccc3c(c2)CCCO3)CC1. The molecule has 0 spiro atoms. The zero-order valence-electron chi connectivity index (χ0n) is 16.2. The fourth-order valence-electron chi connectivity index (χ4n) is 3.61. The fourth-order valence-corrected chi connectivity index (χ4v) is 3.61. The Morgan fingerprint density at radius 1 is 1.04 bits per heavy atom. The Morgan fingerprint density at radius 2 is 1.77 bits per heavy atom. The number of hydrogen-bond acceptors (Lipinski definition) is 3. The van der Waals surface area contributed by atoms with Crippen LogP contribution in [0.15, 0.2) is 18.2 Å². The molecule has 26 heavy (non-hydrogen) atoms. The standard InChI is InChI=1S/C21H30N2O3/c1-21(2,3)15-19(24)22-9-5-10-23(12-11-22)20(25)17-7-8-18-16(14-17)6-4-13-26-18/h7-8,14H,4-6,9-13,15H2,1-3H3. The zero-order valence-corrected chi connectivity index (χ0v) is 16.2. The highest BCUT2D eigenvalue weighted by Crippen LogP contribution is 2.26. The summed E-state index contributed by atoms with van der Waals surface area (Å²) in [4.78, 5) is 29.2. The molecule has 0 N–H and O–H groups in total. The summed E-state index contributed by atoms with van der Waals surface area (Å²) in [5, 5.41) is 0. The molecule has 0 atom stereocenters. The van der Waals surface area contributed by atoms with Crippen LogP contribution in [-0.2, 0) is 11.2 Å². The van der Waals surface area contributed by atoms with Gasteiger partial charge in [-0.1, -0.05) is 20.8 Å². The average Bonchev–Trinajstić information content (AvgIpc) is 2.85. The minimum Gasteiger partial charge on any atom is -0.493 e. The topological polar surface area (TPSA) is 49.9 Å². The summed E-state index contributed by atoms with van der Waals surface area (Å²) in [7, 11) is 0. The summed E-state index contributed by atoms with van der Waals surface area (Å²) in [6, 6.07) is 5.75. The predicted molar refractivity (Wildman–Crippen MR) is 101 cm³/mol. The van der Waals surface area contributed by atoms with Crippen LogP contribution in [0.2, 0.25) is 0 Å². The number of nitrogens with zero attached hydrogens (tertiary/aromatic N) is 2. The van der Waals surface area contributed by atoms with E-state index in [1.54, 1.807) is 0 Å². The van der Waals surface area contributed by atoms with Crippen molar-refractivity contribution in [3.05, 3.63) is 29.3 Å². The maximum absolute atomic E-state index is 12.9. The Hall–Kier alpha value is -2.04. The Morgan fingerprint density at radius 3 is 2.54 bits per heavy atom. The van der Waals surface area contributed by atoms with Gasteiger partial charge in [0.15, 0.2) is 0 Å². The lowest BCUT2D eigenvalue weighted by Crippen LogP contribution is -2.38. The Balaban J connectivity index is 1.63. The van der Waals surface area contributed by atoms with E-state index in [-0.39, 0.29) is 17.2 Å². The van der Waals surface area contributed by atoms with Crippen LogP contribution in [0.4, 0.5) is 0 Å². The first-order valence-electron chi connectivity index (χ1n) is 9.66. The van der Waals surface area contributed by atoms with E-state index in [1.165, 1.54) is 0 Å². The lowest BCUT2D eigenvalue weighted by Gasteiger charge is -2.26. The molecular formula is C21H30N2O3. The summed E-state index contributed by atoms with van der Waals surface area (Å²) in [6.45, 7) is 9.65. The van der Waals surface area contributed by atoms with Gasteiger partial charge in [-0.05, 0) is 48.4 Å². The number of hydrogen-bond donors (Lipinski definition) is 0. The number of amides is 2. The summed E-state index contributed by atoms with van der Waals surface area (Å²) in [6.07, 6.45) is 3.34. The second-order valence-electron chi connectivity index (χ2n) is 8.54. The van der Waals surface area contributed by atoms with E-state index < -0.39 is 0 Å². The molecule has 5 nitrogen and oxygen atoms in total. The molecule has 1 aromatic carbocycles. The quantitative estimate of drug-likeness (QED) is 0.816. The number of aryl methyl sites for hydroxylation is 1. The molecule has 142 valence electrons. The number of carbonyl (C=O) groups excluding carboxylic acids is 2. The number of benzene rings is 1. The smallest absolute Gasteiger partial charge is 0.253 e. The van der Waals surface area contributed by atoms with Crippen molar-refractivity contribution in [1.82, 2.24) is 9.80 Å². The van der Waals surface area contributed by atoms with Crippen molar-refractivity contribution >= 4 is 11.8 Å². The molecule has 1 aromatic rings. The van der Waals surface area contributed by atoms with Crippen molar-refractivity contribution in [2.75, 3.05) is 32.8 Å². The van der Waals surface area contributed by atoms with Gasteiger partial charge in [0.05, 0.1) is 6.61 Å². The first kappa shape index (κ1) is 18.7. The van der Waals surface area contributed by atoms with Crippen LogP contribution in [0.1, 0.15) is 56.0 Å². The van der Waals surface area contributed by atoms with E-state index in [4.69, 9.17) is 4.74 Å². The van der Waals surface area contributed by atoms with Crippen LogP contribution < -0.4 is 4.74 Å². The van der Waals surface area contributed by atoms with Crippen LogP contribution >= 0.6 is 0 Å². The third-order valence-corrected chi connectivity index (χ3v) is 4.97. The monoisotopic (exact) mass is 358 g/mol. The molecule has 0 bridgehead atoms. The van der Waals surface area contributed by atoms with E-state index in [1.807, 2.05) is 28.0 Å². The van der Waals surface area contributed by atoms with Gasteiger partial charge >= 0.3 is 0 Å². The van der Waals surface area contributed by atoms with Gasteiger partial charge in [-0.3, -0.25) is 9.59 Å². The number of ether oxygens (including phenoxy) is 1. The third-order valence-electron chi connectivity index (χ3n) is 4.97. The van der Waals surface area contributed by atoms with Crippen LogP contribution in [0, 0.1) is 5.41 Å². The summed E-state index contributed by atoms with van der Waals surface area (Å²) < 4.78 is 5.63. The Bertz CT molecular complexity index is 678. The molecule has 1 saturated heterocycles. The van der Waals surface area contributed by atoms with Gasteiger partial charge in [-0.2, -0.15) is 0 Å².